The van der Waals surface area contributed by atoms with Crippen molar-refractivity contribution >= 4 is 11.3 Å². The molecule has 0 aliphatic carbocycles. The zero-order chi connectivity index (χ0) is 8.43. The highest BCUT2D eigenvalue weighted by Crippen LogP contribution is 2.22. The van der Waals surface area contributed by atoms with Gasteiger partial charge < -0.3 is 0 Å². The summed E-state index contributed by atoms with van der Waals surface area (Å²) in [5.41, 5.74) is 1.54. The van der Waals surface area contributed by atoms with Crippen LogP contribution in [0.15, 0.2) is 6.07 Å². The fraction of sp³-hybridized carbons (Fsp3) is 0.600. The molecule has 0 unspecified atom stereocenters. The van der Waals surface area contributed by atoms with E-state index in [2.05, 4.69) is 33.8 Å². The molecule has 11 heavy (non-hydrogen) atoms. The fourth-order valence-electron chi connectivity index (χ4n) is 1.33. The Morgan fingerprint density at radius 2 is 2.00 bits per heavy atom. The molecular formula is C10H16S. The van der Waals surface area contributed by atoms with Crippen molar-refractivity contribution in [3.05, 3.63) is 21.4 Å². The van der Waals surface area contributed by atoms with Crippen LogP contribution in [0, 0.1) is 19.8 Å². The molecule has 1 heterocycles. The molecule has 0 aliphatic heterocycles. The van der Waals surface area contributed by atoms with Gasteiger partial charge in [-0.2, -0.15) is 0 Å². The average Bonchev–Trinajstić information content (AvgIpc) is 2.09. The Morgan fingerprint density at radius 1 is 1.36 bits per heavy atom. The van der Waals surface area contributed by atoms with E-state index < -0.39 is 0 Å². The lowest BCUT2D eigenvalue weighted by molar-refractivity contribution is 0.646. The highest BCUT2D eigenvalue weighted by atomic mass is 32.1. The van der Waals surface area contributed by atoms with Crippen molar-refractivity contribution in [2.24, 2.45) is 5.92 Å². The van der Waals surface area contributed by atoms with Crippen molar-refractivity contribution < 1.29 is 0 Å². The molecule has 62 valence electrons. The SMILES string of the molecule is Cc1cc(CC(C)C)c(C)s1. The molecule has 0 atom stereocenters. The lowest BCUT2D eigenvalue weighted by Crippen LogP contribution is -1.92. The molecule has 0 bridgehead atoms. The predicted molar refractivity (Wildman–Crippen MR) is 52.3 cm³/mol. The van der Waals surface area contributed by atoms with Crippen molar-refractivity contribution in [3.8, 4) is 0 Å². The van der Waals surface area contributed by atoms with Gasteiger partial charge in [-0.3, -0.25) is 0 Å². The van der Waals surface area contributed by atoms with Gasteiger partial charge in [0.05, 0.1) is 0 Å². The predicted octanol–water partition coefficient (Wildman–Crippen LogP) is 3.56. The number of hydrogen-bond acceptors (Lipinski definition) is 1. The zero-order valence-corrected chi connectivity index (χ0v) is 8.59. The first-order valence-corrected chi connectivity index (χ1v) is 4.97. The standard InChI is InChI=1S/C10H16S/c1-7(2)5-10-6-8(3)11-9(10)4/h6-7H,5H2,1-4H3. The molecule has 1 rings (SSSR count). The van der Waals surface area contributed by atoms with Crippen LogP contribution in [-0.4, -0.2) is 0 Å². The van der Waals surface area contributed by atoms with Crippen LogP contribution in [0.4, 0.5) is 0 Å². The van der Waals surface area contributed by atoms with Gasteiger partial charge in [0.25, 0.3) is 0 Å². The highest BCUT2D eigenvalue weighted by molar-refractivity contribution is 7.12. The first-order valence-electron chi connectivity index (χ1n) is 4.15. The van der Waals surface area contributed by atoms with E-state index in [4.69, 9.17) is 0 Å². The van der Waals surface area contributed by atoms with Crippen LogP contribution >= 0.6 is 11.3 Å². The molecule has 0 aliphatic rings. The molecule has 0 fully saturated rings. The number of rotatable bonds is 2. The lowest BCUT2D eigenvalue weighted by Gasteiger charge is -2.02. The smallest absolute Gasteiger partial charge is 0.00491 e. The van der Waals surface area contributed by atoms with Gasteiger partial charge in [0.2, 0.25) is 0 Å². The molecule has 0 spiro atoms. The Bertz CT molecular complexity index is 233. The van der Waals surface area contributed by atoms with Crippen LogP contribution in [0.3, 0.4) is 0 Å². The van der Waals surface area contributed by atoms with Crippen LogP contribution in [-0.2, 0) is 6.42 Å². The zero-order valence-electron chi connectivity index (χ0n) is 7.77. The third kappa shape index (κ3) is 2.33. The quantitative estimate of drug-likeness (QED) is 0.633. The molecule has 0 radical (unpaired) electrons. The van der Waals surface area contributed by atoms with Crippen LogP contribution in [0.25, 0.3) is 0 Å². The summed E-state index contributed by atoms with van der Waals surface area (Å²) in [4.78, 5) is 2.94. The molecular weight excluding hydrogens is 152 g/mol. The number of aryl methyl sites for hydroxylation is 2. The molecule has 0 N–H and O–H groups in total. The van der Waals surface area contributed by atoms with E-state index in [1.807, 2.05) is 11.3 Å². The van der Waals surface area contributed by atoms with E-state index in [1.54, 1.807) is 5.56 Å². The first-order chi connectivity index (χ1) is 5.09. The Morgan fingerprint density at radius 3 is 2.36 bits per heavy atom. The lowest BCUT2D eigenvalue weighted by atomic mass is 10.0. The van der Waals surface area contributed by atoms with Crippen LogP contribution in [0.2, 0.25) is 0 Å². The minimum Gasteiger partial charge on any atom is -0.146 e. The van der Waals surface area contributed by atoms with Crippen LogP contribution < -0.4 is 0 Å². The molecule has 0 amide bonds. The van der Waals surface area contributed by atoms with E-state index in [9.17, 15) is 0 Å². The third-order valence-corrected chi connectivity index (χ3v) is 2.78. The van der Waals surface area contributed by atoms with E-state index in [-0.39, 0.29) is 0 Å². The molecule has 0 nitrogen and oxygen atoms in total. The van der Waals surface area contributed by atoms with Gasteiger partial charge in [0.1, 0.15) is 0 Å². The molecule has 0 aromatic carbocycles. The summed E-state index contributed by atoms with van der Waals surface area (Å²) in [5.74, 6) is 0.780. The van der Waals surface area contributed by atoms with Crippen molar-refractivity contribution in [2.45, 2.75) is 34.1 Å². The average molecular weight is 168 g/mol. The van der Waals surface area contributed by atoms with E-state index in [1.165, 1.54) is 16.2 Å². The molecule has 1 aromatic rings. The maximum atomic E-state index is 2.32. The van der Waals surface area contributed by atoms with Crippen molar-refractivity contribution in [1.29, 1.82) is 0 Å². The second-order valence-corrected chi connectivity index (χ2v) is 5.00. The summed E-state index contributed by atoms with van der Waals surface area (Å²) in [5, 5.41) is 0. The molecule has 1 aromatic heterocycles. The Hall–Kier alpha value is -0.300. The Balaban J connectivity index is 2.77. The second kappa shape index (κ2) is 3.40. The normalized spacial score (nSPS) is 11.0. The van der Waals surface area contributed by atoms with E-state index >= 15 is 0 Å². The highest BCUT2D eigenvalue weighted by Gasteiger charge is 2.03. The summed E-state index contributed by atoms with van der Waals surface area (Å²) in [6.07, 6.45) is 1.23. The van der Waals surface area contributed by atoms with Crippen molar-refractivity contribution in [2.75, 3.05) is 0 Å². The van der Waals surface area contributed by atoms with Gasteiger partial charge in [-0.25, -0.2) is 0 Å². The summed E-state index contributed by atoms with van der Waals surface area (Å²) in [6, 6.07) is 2.32. The number of thiophene rings is 1. The van der Waals surface area contributed by atoms with Crippen molar-refractivity contribution in [1.82, 2.24) is 0 Å². The molecule has 0 saturated heterocycles. The largest absolute Gasteiger partial charge is 0.146 e. The van der Waals surface area contributed by atoms with Crippen LogP contribution in [0.1, 0.15) is 29.2 Å². The molecule has 0 saturated carbocycles. The van der Waals surface area contributed by atoms with E-state index in [0.717, 1.165) is 5.92 Å². The Kier molecular flexibility index (Phi) is 2.72. The minimum atomic E-state index is 0.780. The van der Waals surface area contributed by atoms with Gasteiger partial charge >= 0.3 is 0 Å². The fourth-order valence-corrected chi connectivity index (χ4v) is 2.28. The van der Waals surface area contributed by atoms with Crippen molar-refractivity contribution in [3.63, 3.8) is 0 Å². The second-order valence-electron chi connectivity index (χ2n) is 3.54. The number of hydrogen-bond donors (Lipinski definition) is 0. The van der Waals surface area contributed by atoms with Gasteiger partial charge in [-0.15, -0.1) is 11.3 Å². The third-order valence-electron chi connectivity index (χ3n) is 1.77. The topological polar surface area (TPSA) is 0 Å². The van der Waals surface area contributed by atoms with E-state index in [0.29, 0.717) is 0 Å². The van der Waals surface area contributed by atoms with Gasteiger partial charge in [0.15, 0.2) is 0 Å². The van der Waals surface area contributed by atoms with Gasteiger partial charge in [-0.1, -0.05) is 13.8 Å². The Labute approximate surface area is 73.3 Å². The maximum Gasteiger partial charge on any atom is 0.00491 e. The first kappa shape index (κ1) is 8.79. The minimum absolute atomic E-state index is 0.780. The molecule has 1 heteroatoms. The summed E-state index contributed by atoms with van der Waals surface area (Å²) < 4.78 is 0. The van der Waals surface area contributed by atoms with Crippen LogP contribution in [0.5, 0.6) is 0 Å². The summed E-state index contributed by atoms with van der Waals surface area (Å²) in [7, 11) is 0. The monoisotopic (exact) mass is 168 g/mol. The maximum absolute atomic E-state index is 2.32. The summed E-state index contributed by atoms with van der Waals surface area (Å²) in [6.45, 7) is 8.94. The van der Waals surface area contributed by atoms with Gasteiger partial charge in [0, 0.05) is 9.75 Å². The summed E-state index contributed by atoms with van der Waals surface area (Å²) >= 11 is 1.91. The van der Waals surface area contributed by atoms with Gasteiger partial charge in [-0.05, 0) is 37.8 Å².